The van der Waals surface area contributed by atoms with Crippen LogP contribution in [0.25, 0.3) is 6.08 Å². The molecule has 1 unspecified atom stereocenters. The lowest BCUT2D eigenvalue weighted by Gasteiger charge is -2.04. The third-order valence-electron chi connectivity index (χ3n) is 1.83. The summed E-state index contributed by atoms with van der Waals surface area (Å²) in [6.07, 6.45) is -4.99. The van der Waals surface area contributed by atoms with E-state index in [1.54, 1.807) is 0 Å². The molecular formula is C10H7F3O2S. The molecule has 0 bridgehead atoms. The first-order valence-corrected chi connectivity index (χ1v) is 5.07. The molecule has 0 aliphatic heterocycles. The number of hydrogen-bond acceptors (Lipinski definition) is 3. The first kappa shape index (κ1) is 12.6. The van der Waals surface area contributed by atoms with Crippen LogP contribution in [0, 0.1) is 0 Å². The Kier molecular flexibility index (Phi) is 4.00. The van der Waals surface area contributed by atoms with Crippen LogP contribution in [0.15, 0.2) is 18.0 Å². The molecule has 0 fully saturated rings. The van der Waals surface area contributed by atoms with Crippen molar-refractivity contribution in [2.24, 2.45) is 0 Å². The zero-order chi connectivity index (χ0) is 12.3. The van der Waals surface area contributed by atoms with E-state index in [4.69, 9.17) is 0 Å². The number of halogens is 3. The maximum absolute atomic E-state index is 13.1. The normalized spacial score (nSPS) is 12.5. The zero-order valence-corrected chi connectivity index (χ0v) is 8.77. The van der Waals surface area contributed by atoms with Crippen LogP contribution in [0.2, 0.25) is 0 Å². The molecule has 1 aromatic rings. The maximum Gasteiger partial charge on any atom is 0.299 e. The molecule has 16 heavy (non-hydrogen) atoms. The number of ketones is 2. The highest BCUT2D eigenvalue weighted by molar-refractivity contribution is 7.12. The van der Waals surface area contributed by atoms with E-state index in [2.05, 4.69) is 6.58 Å². The van der Waals surface area contributed by atoms with Gasteiger partial charge in [-0.1, -0.05) is 12.7 Å². The van der Waals surface area contributed by atoms with E-state index in [-0.39, 0.29) is 4.88 Å². The van der Waals surface area contributed by atoms with E-state index < -0.39 is 24.2 Å². The van der Waals surface area contributed by atoms with Gasteiger partial charge in [-0.3, -0.25) is 9.59 Å². The van der Waals surface area contributed by atoms with E-state index in [1.807, 2.05) is 0 Å². The summed E-state index contributed by atoms with van der Waals surface area (Å²) in [4.78, 5) is 21.9. The van der Waals surface area contributed by atoms with Gasteiger partial charge in [0.25, 0.3) is 6.43 Å². The van der Waals surface area contributed by atoms with Crippen LogP contribution in [-0.4, -0.2) is 24.2 Å². The molecule has 1 aromatic heterocycles. The third-order valence-corrected chi connectivity index (χ3v) is 2.78. The topological polar surface area (TPSA) is 34.1 Å². The Bertz CT molecular complexity index is 425. The molecule has 2 nitrogen and oxygen atoms in total. The standard InChI is InChI=1S/C10H7F3O2S/c1-2-5-3-4-16-9(5)7(14)6(11)8(15)10(12)13/h2-4,6,10H,1H2. The van der Waals surface area contributed by atoms with Crippen LogP contribution >= 0.6 is 11.3 Å². The van der Waals surface area contributed by atoms with E-state index in [0.29, 0.717) is 5.56 Å². The van der Waals surface area contributed by atoms with Crippen molar-refractivity contribution in [3.05, 3.63) is 28.5 Å². The second-order valence-corrected chi connectivity index (χ2v) is 3.76. The smallest absolute Gasteiger partial charge is 0.289 e. The van der Waals surface area contributed by atoms with Crippen molar-refractivity contribution in [3.63, 3.8) is 0 Å². The van der Waals surface area contributed by atoms with Crippen molar-refractivity contribution < 1.29 is 22.8 Å². The van der Waals surface area contributed by atoms with Gasteiger partial charge >= 0.3 is 0 Å². The lowest BCUT2D eigenvalue weighted by atomic mass is 10.1. The Morgan fingerprint density at radius 1 is 1.38 bits per heavy atom. The molecule has 0 amide bonds. The molecule has 86 valence electrons. The van der Waals surface area contributed by atoms with E-state index in [1.165, 1.54) is 17.5 Å². The van der Waals surface area contributed by atoms with Gasteiger partial charge in [0, 0.05) is 0 Å². The Balaban J connectivity index is 2.94. The fraction of sp³-hybridized carbons (Fsp3) is 0.200. The fourth-order valence-electron chi connectivity index (χ4n) is 1.04. The van der Waals surface area contributed by atoms with E-state index in [9.17, 15) is 22.8 Å². The highest BCUT2D eigenvalue weighted by Crippen LogP contribution is 2.21. The van der Waals surface area contributed by atoms with Gasteiger partial charge in [0.1, 0.15) is 0 Å². The van der Waals surface area contributed by atoms with Crippen molar-refractivity contribution >= 4 is 29.0 Å². The fourth-order valence-corrected chi connectivity index (χ4v) is 1.89. The van der Waals surface area contributed by atoms with Crippen molar-refractivity contribution in [1.29, 1.82) is 0 Å². The molecule has 0 aliphatic carbocycles. The maximum atomic E-state index is 13.1. The van der Waals surface area contributed by atoms with Crippen LogP contribution < -0.4 is 0 Å². The molecule has 0 saturated heterocycles. The third kappa shape index (κ3) is 2.38. The molecule has 0 aromatic carbocycles. The van der Waals surface area contributed by atoms with Crippen molar-refractivity contribution in [1.82, 2.24) is 0 Å². The molecule has 0 saturated carbocycles. The van der Waals surface area contributed by atoms with Crippen LogP contribution in [-0.2, 0) is 4.79 Å². The van der Waals surface area contributed by atoms with Crippen molar-refractivity contribution in [3.8, 4) is 0 Å². The molecular weight excluding hydrogens is 241 g/mol. The predicted molar refractivity (Wildman–Crippen MR) is 54.6 cm³/mol. The largest absolute Gasteiger partial charge is 0.299 e. The minimum atomic E-state index is -3.48. The van der Waals surface area contributed by atoms with Gasteiger partial charge in [-0.25, -0.2) is 13.2 Å². The summed E-state index contributed by atoms with van der Waals surface area (Å²) in [5.74, 6) is -3.25. The number of carbonyl (C=O) groups is 2. The molecule has 0 spiro atoms. The molecule has 0 N–H and O–H groups in total. The van der Waals surface area contributed by atoms with Crippen molar-refractivity contribution in [2.75, 3.05) is 0 Å². The molecule has 0 aliphatic rings. The summed E-state index contributed by atoms with van der Waals surface area (Å²) < 4.78 is 36.9. The first-order valence-electron chi connectivity index (χ1n) is 4.19. The minimum absolute atomic E-state index is 0.0727. The van der Waals surface area contributed by atoms with Gasteiger partial charge in [-0.2, -0.15) is 0 Å². The second-order valence-electron chi connectivity index (χ2n) is 2.84. The Hall–Kier alpha value is -1.43. The zero-order valence-electron chi connectivity index (χ0n) is 7.95. The lowest BCUT2D eigenvalue weighted by Crippen LogP contribution is -2.30. The molecule has 1 rings (SSSR count). The summed E-state index contributed by atoms with van der Waals surface area (Å²) in [5.41, 5.74) is 0.333. The minimum Gasteiger partial charge on any atom is -0.289 e. The summed E-state index contributed by atoms with van der Waals surface area (Å²) in [5, 5.41) is 1.49. The average Bonchev–Trinajstić information content (AvgIpc) is 2.73. The summed E-state index contributed by atoms with van der Waals surface area (Å²) in [6, 6.07) is 1.49. The lowest BCUT2D eigenvalue weighted by molar-refractivity contribution is -0.132. The summed E-state index contributed by atoms with van der Waals surface area (Å²) >= 11 is 0.882. The number of carbonyl (C=O) groups excluding carboxylic acids is 2. The van der Waals surface area contributed by atoms with E-state index in [0.717, 1.165) is 11.3 Å². The van der Waals surface area contributed by atoms with Crippen LogP contribution in [0.1, 0.15) is 15.2 Å². The van der Waals surface area contributed by atoms with Gasteiger partial charge in [-0.15, -0.1) is 11.3 Å². The molecule has 0 radical (unpaired) electrons. The van der Waals surface area contributed by atoms with E-state index >= 15 is 0 Å². The quantitative estimate of drug-likeness (QED) is 0.593. The van der Waals surface area contributed by atoms with Gasteiger partial charge in [0.05, 0.1) is 4.88 Å². The predicted octanol–water partition coefficient (Wildman–Crippen LogP) is 2.75. The van der Waals surface area contributed by atoms with Crippen LogP contribution in [0.3, 0.4) is 0 Å². The average molecular weight is 248 g/mol. The highest BCUT2D eigenvalue weighted by Gasteiger charge is 2.34. The summed E-state index contributed by atoms with van der Waals surface area (Å²) in [7, 11) is 0. The number of alkyl halides is 3. The molecule has 6 heteroatoms. The molecule has 1 atom stereocenters. The van der Waals surface area contributed by atoms with Crippen LogP contribution in [0.5, 0.6) is 0 Å². The van der Waals surface area contributed by atoms with Gasteiger partial charge in [-0.05, 0) is 17.0 Å². The number of hydrogen-bond donors (Lipinski definition) is 0. The van der Waals surface area contributed by atoms with Crippen LogP contribution in [0.4, 0.5) is 13.2 Å². The van der Waals surface area contributed by atoms with Gasteiger partial charge in [0.2, 0.25) is 17.7 Å². The number of rotatable bonds is 5. The van der Waals surface area contributed by atoms with Gasteiger partial charge < -0.3 is 0 Å². The van der Waals surface area contributed by atoms with Gasteiger partial charge in [0.15, 0.2) is 0 Å². The number of Topliss-reactive ketones (excluding diaryl/α,β-unsaturated/α-hetero) is 2. The highest BCUT2D eigenvalue weighted by atomic mass is 32.1. The Morgan fingerprint density at radius 3 is 2.50 bits per heavy atom. The number of thiophene rings is 1. The monoisotopic (exact) mass is 248 g/mol. The Labute approximate surface area is 93.4 Å². The second kappa shape index (κ2) is 5.07. The first-order chi connectivity index (χ1) is 7.49. The molecule has 1 heterocycles. The SMILES string of the molecule is C=Cc1ccsc1C(=O)C(F)C(=O)C(F)F. The Morgan fingerprint density at radius 2 is 2.00 bits per heavy atom. The van der Waals surface area contributed by atoms with Crippen molar-refractivity contribution in [2.45, 2.75) is 12.6 Å². The summed E-state index contributed by atoms with van der Waals surface area (Å²) in [6.45, 7) is 3.38.